The molecule has 36 heavy (non-hydrogen) atoms. The van der Waals surface area contributed by atoms with Crippen molar-refractivity contribution in [2.24, 2.45) is 0 Å². The molecule has 0 saturated carbocycles. The standard InChI is InChI=1S/C30H50N2O3S/c1-4-6-8-10-12-14-16-18-23-32(24-19-17-15-13-11-9-7-5-2)36(34,35)29-25-26(3)31-30-27(29)21-20-22-28(30)33/h20-22,25,33H,4-19,23-24H2,1-3H3. The molecule has 1 heterocycles. The van der Waals surface area contributed by atoms with Crippen molar-refractivity contribution >= 4 is 20.9 Å². The van der Waals surface area contributed by atoms with Gasteiger partial charge in [0.15, 0.2) is 0 Å². The molecule has 2 rings (SSSR count). The summed E-state index contributed by atoms with van der Waals surface area (Å²) in [5.74, 6) is 0.0188. The maximum atomic E-state index is 13.9. The number of nitrogens with zero attached hydrogens (tertiary/aromatic N) is 2. The predicted octanol–water partition coefficient (Wildman–Crippen LogP) is 8.52. The third-order valence-corrected chi connectivity index (χ3v) is 8.99. The van der Waals surface area contributed by atoms with Crippen LogP contribution in [0.1, 0.15) is 122 Å². The largest absolute Gasteiger partial charge is 0.506 e. The Labute approximate surface area is 220 Å². The Kier molecular flexibility index (Phi) is 14.4. The van der Waals surface area contributed by atoms with Crippen molar-refractivity contribution in [2.45, 2.75) is 128 Å². The van der Waals surface area contributed by atoms with Crippen molar-refractivity contribution in [3.63, 3.8) is 0 Å². The second-order valence-electron chi connectivity index (χ2n) is 10.3. The van der Waals surface area contributed by atoms with Crippen molar-refractivity contribution in [3.8, 4) is 5.75 Å². The molecule has 0 atom stereocenters. The van der Waals surface area contributed by atoms with Gasteiger partial charge in [-0.15, -0.1) is 0 Å². The van der Waals surface area contributed by atoms with E-state index in [1.807, 2.05) is 0 Å². The number of aromatic nitrogens is 1. The van der Waals surface area contributed by atoms with Gasteiger partial charge in [-0.1, -0.05) is 116 Å². The lowest BCUT2D eigenvalue weighted by atomic mass is 10.1. The molecule has 5 nitrogen and oxygen atoms in total. The third kappa shape index (κ3) is 10.0. The number of phenolic OH excluding ortho intramolecular Hbond substituents is 1. The van der Waals surface area contributed by atoms with Crippen LogP contribution in [-0.2, 0) is 10.0 Å². The molecule has 2 aromatic rings. The quantitative estimate of drug-likeness (QED) is 0.178. The SMILES string of the molecule is CCCCCCCCCCN(CCCCCCCCCC)S(=O)(=O)c1cc(C)nc2c(O)cccc12. The molecule has 1 N–H and O–H groups in total. The molecule has 1 aromatic heterocycles. The maximum absolute atomic E-state index is 13.9. The summed E-state index contributed by atoms with van der Waals surface area (Å²) in [6, 6.07) is 6.66. The predicted molar refractivity (Wildman–Crippen MR) is 152 cm³/mol. The second-order valence-corrected chi connectivity index (χ2v) is 12.2. The number of aryl methyl sites for hydroxylation is 1. The Balaban J connectivity index is 2.06. The topological polar surface area (TPSA) is 70.5 Å². The summed E-state index contributed by atoms with van der Waals surface area (Å²) in [6.07, 6.45) is 19.0. The lowest BCUT2D eigenvalue weighted by molar-refractivity contribution is 0.383. The Morgan fingerprint density at radius 3 is 1.72 bits per heavy atom. The average Bonchev–Trinajstić information content (AvgIpc) is 2.86. The number of pyridine rings is 1. The van der Waals surface area contributed by atoms with Gasteiger partial charge in [0.05, 0.1) is 4.90 Å². The number of unbranched alkanes of at least 4 members (excludes halogenated alkanes) is 14. The molecule has 0 spiro atoms. The summed E-state index contributed by atoms with van der Waals surface area (Å²) in [5.41, 5.74) is 0.955. The third-order valence-electron chi connectivity index (χ3n) is 7.05. The first-order chi connectivity index (χ1) is 17.4. The number of rotatable bonds is 20. The van der Waals surface area contributed by atoms with Crippen molar-refractivity contribution in [1.82, 2.24) is 9.29 Å². The van der Waals surface area contributed by atoms with Crippen molar-refractivity contribution in [1.29, 1.82) is 0 Å². The molecule has 0 aliphatic heterocycles. The van der Waals surface area contributed by atoms with Crippen LogP contribution in [0.3, 0.4) is 0 Å². The Bertz CT molecular complexity index is 971. The number of phenols is 1. The van der Waals surface area contributed by atoms with Crippen molar-refractivity contribution in [3.05, 3.63) is 30.0 Å². The van der Waals surface area contributed by atoms with Crippen LogP contribution in [0.5, 0.6) is 5.75 Å². The van der Waals surface area contributed by atoms with E-state index in [4.69, 9.17) is 0 Å². The monoisotopic (exact) mass is 518 g/mol. The number of sulfonamides is 1. The van der Waals surface area contributed by atoms with Gasteiger partial charge in [0.1, 0.15) is 11.3 Å². The summed E-state index contributed by atoms with van der Waals surface area (Å²) in [5, 5.41) is 10.8. The number of hydrogen-bond donors (Lipinski definition) is 1. The van der Waals surface area contributed by atoms with Crippen molar-refractivity contribution < 1.29 is 13.5 Å². The molecule has 6 heteroatoms. The highest BCUT2D eigenvalue weighted by atomic mass is 32.2. The van der Waals surface area contributed by atoms with Crippen LogP contribution in [0.2, 0.25) is 0 Å². The van der Waals surface area contributed by atoms with Crippen LogP contribution in [-0.4, -0.2) is 35.9 Å². The summed E-state index contributed by atoms with van der Waals surface area (Å²) in [6.45, 7) is 7.35. The van der Waals surface area contributed by atoms with E-state index in [-0.39, 0.29) is 10.6 Å². The van der Waals surface area contributed by atoms with E-state index in [9.17, 15) is 13.5 Å². The summed E-state index contributed by atoms with van der Waals surface area (Å²) >= 11 is 0. The van der Waals surface area contributed by atoms with E-state index in [0.29, 0.717) is 29.7 Å². The van der Waals surface area contributed by atoms with Gasteiger partial charge in [0.25, 0.3) is 0 Å². The van der Waals surface area contributed by atoms with Crippen LogP contribution in [0.4, 0.5) is 0 Å². The van der Waals surface area contributed by atoms with Gasteiger partial charge in [-0.3, -0.25) is 0 Å². The van der Waals surface area contributed by atoms with E-state index < -0.39 is 10.0 Å². The summed E-state index contributed by atoms with van der Waals surface area (Å²) < 4.78 is 29.5. The van der Waals surface area contributed by atoms with E-state index >= 15 is 0 Å². The van der Waals surface area contributed by atoms with Crippen molar-refractivity contribution in [2.75, 3.05) is 13.1 Å². The minimum Gasteiger partial charge on any atom is -0.506 e. The highest BCUT2D eigenvalue weighted by molar-refractivity contribution is 7.89. The number of aromatic hydroxyl groups is 1. The number of para-hydroxylation sites is 1. The summed E-state index contributed by atoms with van der Waals surface area (Å²) in [4.78, 5) is 4.67. The molecular formula is C30H50N2O3S. The fraction of sp³-hybridized carbons (Fsp3) is 0.700. The first kappa shape index (κ1) is 30.6. The molecule has 0 amide bonds. The van der Waals surface area contributed by atoms with Gasteiger partial charge >= 0.3 is 0 Å². The molecule has 0 aliphatic rings. The highest BCUT2D eigenvalue weighted by Crippen LogP contribution is 2.31. The normalized spacial score (nSPS) is 12.1. The van der Waals surface area contributed by atoms with Gasteiger partial charge in [-0.2, -0.15) is 4.31 Å². The molecule has 0 fully saturated rings. The lowest BCUT2D eigenvalue weighted by Gasteiger charge is -2.23. The lowest BCUT2D eigenvalue weighted by Crippen LogP contribution is -2.33. The zero-order chi connectivity index (χ0) is 26.2. The molecule has 0 bridgehead atoms. The van der Waals surface area contributed by atoms with Crippen LogP contribution >= 0.6 is 0 Å². The van der Waals surface area contributed by atoms with E-state index in [1.54, 1.807) is 35.5 Å². The van der Waals surface area contributed by atoms with Crippen LogP contribution in [0, 0.1) is 6.92 Å². The molecule has 0 radical (unpaired) electrons. The first-order valence-electron chi connectivity index (χ1n) is 14.5. The Morgan fingerprint density at radius 1 is 0.750 bits per heavy atom. The molecule has 0 saturated heterocycles. The minimum atomic E-state index is -3.69. The zero-order valence-electron chi connectivity index (χ0n) is 23.1. The Morgan fingerprint density at radius 2 is 1.22 bits per heavy atom. The maximum Gasteiger partial charge on any atom is 0.243 e. The van der Waals surface area contributed by atoms with Crippen LogP contribution in [0.15, 0.2) is 29.2 Å². The average molecular weight is 519 g/mol. The number of fused-ring (bicyclic) bond motifs is 1. The van der Waals surface area contributed by atoms with Gasteiger partial charge in [0.2, 0.25) is 10.0 Å². The summed E-state index contributed by atoms with van der Waals surface area (Å²) in [7, 11) is -3.69. The fourth-order valence-electron chi connectivity index (χ4n) is 4.87. The van der Waals surface area contributed by atoms with E-state index in [1.165, 1.54) is 77.0 Å². The molecule has 0 unspecified atom stereocenters. The van der Waals surface area contributed by atoms with E-state index in [0.717, 1.165) is 25.7 Å². The number of benzene rings is 1. The highest BCUT2D eigenvalue weighted by Gasteiger charge is 2.27. The molecule has 0 aliphatic carbocycles. The van der Waals surface area contributed by atoms with Crippen LogP contribution in [0.25, 0.3) is 10.9 Å². The molecule has 1 aromatic carbocycles. The second kappa shape index (κ2) is 17.0. The fourth-order valence-corrected chi connectivity index (χ4v) is 6.65. The minimum absolute atomic E-state index is 0.0188. The van der Waals surface area contributed by atoms with E-state index in [2.05, 4.69) is 18.8 Å². The first-order valence-corrected chi connectivity index (χ1v) is 15.9. The smallest absolute Gasteiger partial charge is 0.243 e. The van der Waals surface area contributed by atoms with Gasteiger partial charge in [-0.25, -0.2) is 13.4 Å². The zero-order valence-corrected chi connectivity index (χ0v) is 23.9. The molecular weight excluding hydrogens is 468 g/mol. The van der Waals surface area contributed by atoms with Gasteiger partial charge < -0.3 is 5.11 Å². The number of hydrogen-bond acceptors (Lipinski definition) is 4. The van der Waals surface area contributed by atoms with Crippen LogP contribution < -0.4 is 0 Å². The molecule has 204 valence electrons. The van der Waals surface area contributed by atoms with Gasteiger partial charge in [-0.05, 0) is 31.9 Å². The van der Waals surface area contributed by atoms with Gasteiger partial charge in [0, 0.05) is 24.2 Å². The Hall–Kier alpha value is -1.66.